The van der Waals surface area contributed by atoms with E-state index in [1.807, 2.05) is 11.8 Å². The molecule has 0 saturated heterocycles. The van der Waals surface area contributed by atoms with Crippen molar-refractivity contribution in [3.8, 4) is 0 Å². The van der Waals surface area contributed by atoms with Crippen LogP contribution in [0.2, 0.25) is 0 Å². The zero-order valence-corrected chi connectivity index (χ0v) is 12.3. The number of aryl methyl sites for hydroxylation is 1. The summed E-state index contributed by atoms with van der Waals surface area (Å²) >= 11 is 1.95. The predicted octanol–water partition coefficient (Wildman–Crippen LogP) is 4.26. The fourth-order valence-electron chi connectivity index (χ4n) is 2.57. The fraction of sp³-hybridized carbons (Fsp3) is 0.625. The Kier molecular flexibility index (Phi) is 6.09. The summed E-state index contributed by atoms with van der Waals surface area (Å²) in [5, 5.41) is 3.62. The average molecular weight is 263 g/mol. The number of rotatable bonds is 6. The lowest BCUT2D eigenvalue weighted by Crippen LogP contribution is -2.26. The Labute approximate surface area is 116 Å². The lowest BCUT2D eigenvalue weighted by Gasteiger charge is -2.21. The average Bonchev–Trinajstić information content (AvgIpc) is 2.42. The van der Waals surface area contributed by atoms with Crippen molar-refractivity contribution in [2.24, 2.45) is 5.92 Å². The van der Waals surface area contributed by atoms with E-state index in [1.165, 1.54) is 54.9 Å². The molecule has 2 heteroatoms. The molecular weight excluding hydrogens is 238 g/mol. The third kappa shape index (κ3) is 5.03. The van der Waals surface area contributed by atoms with E-state index in [1.54, 1.807) is 0 Å². The van der Waals surface area contributed by atoms with Crippen molar-refractivity contribution in [1.82, 2.24) is 5.32 Å². The minimum absolute atomic E-state index is 0.947. The van der Waals surface area contributed by atoms with Gasteiger partial charge in [0.05, 0.1) is 0 Å². The standard InChI is InChI=1S/C16H25NS/c1-14-7-9-16(10-8-14)18-12-11-17-13-15-5-3-2-4-6-15/h7-10,15,17H,2-6,11-13H2,1H3. The first kappa shape index (κ1) is 14.0. The highest BCUT2D eigenvalue weighted by Gasteiger charge is 2.12. The number of benzene rings is 1. The Hall–Kier alpha value is -0.470. The molecule has 0 bridgehead atoms. The molecular formula is C16H25NS. The van der Waals surface area contributed by atoms with Gasteiger partial charge in [0.2, 0.25) is 0 Å². The largest absolute Gasteiger partial charge is 0.316 e. The second-order valence-corrected chi connectivity index (χ2v) is 6.54. The first-order valence-corrected chi connectivity index (χ1v) is 8.23. The number of hydrogen-bond donors (Lipinski definition) is 1. The van der Waals surface area contributed by atoms with E-state index in [-0.39, 0.29) is 0 Å². The summed E-state index contributed by atoms with van der Waals surface area (Å²) < 4.78 is 0. The molecule has 2 rings (SSSR count). The third-order valence-electron chi connectivity index (χ3n) is 3.73. The van der Waals surface area contributed by atoms with Gasteiger partial charge >= 0.3 is 0 Å². The SMILES string of the molecule is Cc1ccc(SCCNCC2CCCCC2)cc1. The van der Waals surface area contributed by atoms with Gasteiger partial charge in [0.15, 0.2) is 0 Å². The van der Waals surface area contributed by atoms with Crippen molar-refractivity contribution in [2.75, 3.05) is 18.8 Å². The number of hydrogen-bond acceptors (Lipinski definition) is 2. The van der Waals surface area contributed by atoms with Gasteiger partial charge in [-0.1, -0.05) is 37.0 Å². The lowest BCUT2D eigenvalue weighted by molar-refractivity contribution is 0.345. The van der Waals surface area contributed by atoms with Gasteiger partial charge in [-0.2, -0.15) is 0 Å². The number of thioether (sulfide) groups is 1. The smallest absolute Gasteiger partial charge is 0.0106 e. The van der Waals surface area contributed by atoms with Crippen LogP contribution in [0.15, 0.2) is 29.2 Å². The van der Waals surface area contributed by atoms with Crippen LogP contribution in [0.5, 0.6) is 0 Å². The highest BCUT2D eigenvalue weighted by molar-refractivity contribution is 7.99. The van der Waals surface area contributed by atoms with Crippen LogP contribution in [0.1, 0.15) is 37.7 Å². The third-order valence-corrected chi connectivity index (χ3v) is 4.74. The van der Waals surface area contributed by atoms with Crippen LogP contribution in [-0.2, 0) is 0 Å². The summed E-state index contributed by atoms with van der Waals surface area (Å²) in [6, 6.07) is 8.83. The van der Waals surface area contributed by atoms with Crippen LogP contribution < -0.4 is 5.32 Å². The second kappa shape index (κ2) is 7.85. The quantitative estimate of drug-likeness (QED) is 0.608. The molecule has 1 aromatic rings. The van der Waals surface area contributed by atoms with Crippen molar-refractivity contribution < 1.29 is 0 Å². The zero-order valence-electron chi connectivity index (χ0n) is 11.5. The van der Waals surface area contributed by atoms with Gasteiger partial charge < -0.3 is 5.32 Å². The van der Waals surface area contributed by atoms with Crippen LogP contribution in [-0.4, -0.2) is 18.8 Å². The summed E-state index contributed by atoms with van der Waals surface area (Å²) in [6.07, 6.45) is 7.24. The summed E-state index contributed by atoms with van der Waals surface area (Å²) in [4.78, 5) is 1.39. The van der Waals surface area contributed by atoms with Crippen LogP contribution in [0.3, 0.4) is 0 Å². The Morgan fingerprint density at radius 1 is 1.11 bits per heavy atom. The predicted molar refractivity (Wildman–Crippen MR) is 81.3 cm³/mol. The Balaban J connectivity index is 1.54. The topological polar surface area (TPSA) is 12.0 Å². The Bertz CT molecular complexity index is 327. The molecule has 1 N–H and O–H groups in total. The van der Waals surface area contributed by atoms with Crippen molar-refractivity contribution in [3.05, 3.63) is 29.8 Å². The molecule has 1 aliphatic carbocycles. The van der Waals surface area contributed by atoms with E-state index in [0.717, 1.165) is 12.5 Å². The summed E-state index contributed by atoms with van der Waals surface area (Å²) in [5.74, 6) is 2.12. The minimum atomic E-state index is 0.947. The highest BCUT2D eigenvalue weighted by Crippen LogP contribution is 2.22. The zero-order chi connectivity index (χ0) is 12.6. The lowest BCUT2D eigenvalue weighted by atomic mass is 9.89. The van der Waals surface area contributed by atoms with Crippen LogP contribution in [0.25, 0.3) is 0 Å². The van der Waals surface area contributed by atoms with Crippen LogP contribution >= 0.6 is 11.8 Å². The van der Waals surface area contributed by atoms with E-state index < -0.39 is 0 Å². The molecule has 18 heavy (non-hydrogen) atoms. The molecule has 0 unspecified atom stereocenters. The monoisotopic (exact) mass is 263 g/mol. The van der Waals surface area contributed by atoms with Gasteiger partial charge in [-0.15, -0.1) is 11.8 Å². The van der Waals surface area contributed by atoms with Crippen LogP contribution in [0.4, 0.5) is 0 Å². The molecule has 0 aliphatic heterocycles. The van der Waals surface area contributed by atoms with Crippen molar-refractivity contribution in [3.63, 3.8) is 0 Å². The maximum absolute atomic E-state index is 3.62. The van der Waals surface area contributed by atoms with E-state index in [0.29, 0.717) is 0 Å². The highest BCUT2D eigenvalue weighted by atomic mass is 32.2. The molecule has 0 spiro atoms. The first-order valence-electron chi connectivity index (χ1n) is 7.25. The molecule has 1 fully saturated rings. The van der Waals surface area contributed by atoms with E-state index in [9.17, 15) is 0 Å². The summed E-state index contributed by atoms with van der Waals surface area (Å²) in [7, 11) is 0. The van der Waals surface area contributed by atoms with E-state index in [2.05, 4.69) is 36.5 Å². The normalized spacial score (nSPS) is 16.9. The molecule has 1 aliphatic rings. The Morgan fingerprint density at radius 2 is 1.83 bits per heavy atom. The molecule has 0 radical (unpaired) electrons. The Morgan fingerprint density at radius 3 is 2.56 bits per heavy atom. The van der Waals surface area contributed by atoms with E-state index >= 15 is 0 Å². The maximum atomic E-state index is 3.62. The number of nitrogens with one attached hydrogen (secondary N) is 1. The minimum Gasteiger partial charge on any atom is -0.316 e. The van der Waals surface area contributed by atoms with Crippen LogP contribution in [0, 0.1) is 12.8 Å². The van der Waals surface area contributed by atoms with Gasteiger partial charge in [-0.05, 0) is 44.4 Å². The van der Waals surface area contributed by atoms with Gasteiger partial charge in [0.25, 0.3) is 0 Å². The second-order valence-electron chi connectivity index (χ2n) is 5.37. The summed E-state index contributed by atoms with van der Waals surface area (Å²) in [6.45, 7) is 4.50. The molecule has 0 amide bonds. The summed E-state index contributed by atoms with van der Waals surface area (Å²) in [5.41, 5.74) is 1.34. The molecule has 1 aromatic carbocycles. The molecule has 100 valence electrons. The molecule has 0 atom stereocenters. The van der Waals surface area contributed by atoms with Gasteiger partial charge in [-0.25, -0.2) is 0 Å². The van der Waals surface area contributed by atoms with Crippen molar-refractivity contribution >= 4 is 11.8 Å². The first-order chi connectivity index (χ1) is 8.84. The fourth-order valence-corrected chi connectivity index (χ4v) is 3.38. The van der Waals surface area contributed by atoms with E-state index in [4.69, 9.17) is 0 Å². The van der Waals surface area contributed by atoms with Crippen molar-refractivity contribution in [1.29, 1.82) is 0 Å². The van der Waals surface area contributed by atoms with Gasteiger partial charge in [-0.3, -0.25) is 0 Å². The molecule has 1 nitrogen and oxygen atoms in total. The van der Waals surface area contributed by atoms with Crippen molar-refractivity contribution in [2.45, 2.75) is 43.9 Å². The van der Waals surface area contributed by atoms with Gasteiger partial charge in [0, 0.05) is 17.2 Å². The van der Waals surface area contributed by atoms with Gasteiger partial charge in [0.1, 0.15) is 0 Å². The molecule has 0 aromatic heterocycles. The molecule has 1 saturated carbocycles. The maximum Gasteiger partial charge on any atom is 0.0106 e. The molecule has 0 heterocycles.